The van der Waals surface area contributed by atoms with Gasteiger partial charge in [-0.25, -0.2) is 0 Å². The predicted octanol–water partition coefficient (Wildman–Crippen LogP) is 3.84. The summed E-state index contributed by atoms with van der Waals surface area (Å²) in [5.41, 5.74) is 0. The molecule has 1 aliphatic rings. The summed E-state index contributed by atoms with van der Waals surface area (Å²) >= 11 is 0. The van der Waals surface area contributed by atoms with Gasteiger partial charge in [0.1, 0.15) is 0 Å². The topological polar surface area (TPSA) is 0 Å². The monoisotopic (exact) mass is 150 g/mol. The summed E-state index contributed by atoms with van der Waals surface area (Å²) < 4.78 is 0. The molecule has 11 heavy (non-hydrogen) atoms. The molecule has 0 aliphatic heterocycles. The zero-order chi connectivity index (χ0) is 7.78. The van der Waals surface area contributed by atoms with Gasteiger partial charge < -0.3 is 0 Å². The Morgan fingerprint density at radius 1 is 0.455 bits per heavy atom. The highest BCUT2D eigenvalue weighted by Crippen LogP contribution is 2.07. The summed E-state index contributed by atoms with van der Waals surface area (Å²) in [5, 5.41) is 0. The molecule has 0 N–H and O–H groups in total. The molecule has 0 aromatic carbocycles. The lowest BCUT2D eigenvalue weighted by atomic mass is 10.1. The number of rotatable bonds is 0. The van der Waals surface area contributed by atoms with Crippen molar-refractivity contribution < 1.29 is 0 Å². The maximum absolute atomic E-state index is 2.33. The molecule has 0 unspecified atom stereocenters. The van der Waals surface area contributed by atoms with Gasteiger partial charge in [-0.05, 0) is 38.5 Å². The van der Waals surface area contributed by atoms with Gasteiger partial charge in [0.15, 0.2) is 0 Å². The average molecular weight is 150 g/mol. The molecule has 0 saturated carbocycles. The van der Waals surface area contributed by atoms with Crippen molar-refractivity contribution in [2.45, 2.75) is 44.9 Å². The van der Waals surface area contributed by atoms with E-state index in [1.165, 1.54) is 44.9 Å². The van der Waals surface area contributed by atoms with Crippen molar-refractivity contribution in [3.63, 3.8) is 0 Å². The normalized spacial score (nSPS) is 26.9. The molecular weight excluding hydrogens is 132 g/mol. The standard InChI is InChI=1S/C11H18/c1-2-4-6-8-10-11-9-7-5-3-1/h1-2,7,9H,3-6,8,10-11H2/b2-1+,9-7+. The molecule has 0 aromatic rings. The van der Waals surface area contributed by atoms with E-state index in [0.717, 1.165) is 0 Å². The van der Waals surface area contributed by atoms with Crippen LogP contribution in [-0.2, 0) is 0 Å². The molecule has 0 radical (unpaired) electrons. The molecule has 1 rings (SSSR count). The van der Waals surface area contributed by atoms with Crippen LogP contribution < -0.4 is 0 Å². The minimum atomic E-state index is 1.23. The summed E-state index contributed by atoms with van der Waals surface area (Å²) in [6, 6.07) is 0. The van der Waals surface area contributed by atoms with Crippen molar-refractivity contribution in [3.8, 4) is 0 Å². The maximum atomic E-state index is 2.33. The first-order valence-electron chi connectivity index (χ1n) is 4.80. The second-order valence-electron chi connectivity index (χ2n) is 3.16. The molecule has 0 fully saturated rings. The maximum Gasteiger partial charge on any atom is -0.0316 e. The highest BCUT2D eigenvalue weighted by molar-refractivity contribution is 4.88. The average Bonchev–Trinajstić information content (AvgIpc) is 2.08. The Bertz CT molecular complexity index is 115. The van der Waals surface area contributed by atoms with E-state index in [0.29, 0.717) is 0 Å². The van der Waals surface area contributed by atoms with Crippen molar-refractivity contribution in [2.75, 3.05) is 0 Å². The fourth-order valence-corrected chi connectivity index (χ4v) is 1.37. The Kier molecular flexibility index (Phi) is 4.84. The minimum Gasteiger partial charge on any atom is -0.0885 e. The van der Waals surface area contributed by atoms with E-state index in [1.807, 2.05) is 0 Å². The Hall–Kier alpha value is -0.520. The molecule has 0 amide bonds. The molecule has 0 atom stereocenters. The van der Waals surface area contributed by atoms with Crippen molar-refractivity contribution in [2.24, 2.45) is 0 Å². The summed E-state index contributed by atoms with van der Waals surface area (Å²) in [7, 11) is 0. The zero-order valence-corrected chi connectivity index (χ0v) is 7.26. The fourth-order valence-electron chi connectivity index (χ4n) is 1.37. The Balaban J connectivity index is 2.22. The van der Waals surface area contributed by atoms with Crippen LogP contribution in [0.4, 0.5) is 0 Å². The smallest absolute Gasteiger partial charge is 0.0316 e. The molecule has 0 nitrogen and oxygen atoms in total. The first-order chi connectivity index (χ1) is 5.50. The molecule has 0 aromatic heterocycles. The third kappa shape index (κ3) is 4.83. The highest BCUT2D eigenvalue weighted by Gasteiger charge is 1.87. The van der Waals surface area contributed by atoms with Crippen LogP contribution in [0, 0.1) is 0 Å². The lowest BCUT2D eigenvalue weighted by molar-refractivity contribution is 0.696. The van der Waals surface area contributed by atoms with E-state index < -0.39 is 0 Å². The largest absolute Gasteiger partial charge is 0.0885 e. The summed E-state index contributed by atoms with van der Waals surface area (Å²) in [6.45, 7) is 0. The van der Waals surface area contributed by atoms with Gasteiger partial charge in [0.05, 0.1) is 0 Å². The lowest BCUT2D eigenvalue weighted by Gasteiger charge is -1.93. The molecule has 0 spiro atoms. The van der Waals surface area contributed by atoms with Gasteiger partial charge in [-0.15, -0.1) is 0 Å². The fraction of sp³-hybridized carbons (Fsp3) is 0.636. The second-order valence-corrected chi connectivity index (χ2v) is 3.16. The summed E-state index contributed by atoms with van der Waals surface area (Å²) in [4.78, 5) is 0. The number of hydrogen-bond donors (Lipinski definition) is 0. The SMILES string of the molecule is C1=C/CCCCC/C=C/CC/1. The third-order valence-electron chi connectivity index (χ3n) is 2.07. The number of hydrogen-bond acceptors (Lipinski definition) is 0. The minimum absolute atomic E-state index is 1.23. The number of allylic oxidation sites excluding steroid dienone is 4. The second kappa shape index (κ2) is 6.21. The zero-order valence-electron chi connectivity index (χ0n) is 7.26. The molecule has 1 aliphatic carbocycles. The van der Waals surface area contributed by atoms with Crippen LogP contribution in [0.3, 0.4) is 0 Å². The van der Waals surface area contributed by atoms with Gasteiger partial charge in [0.2, 0.25) is 0 Å². The van der Waals surface area contributed by atoms with Crippen LogP contribution in [0.2, 0.25) is 0 Å². The van der Waals surface area contributed by atoms with E-state index in [1.54, 1.807) is 0 Å². The highest BCUT2D eigenvalue weighted by atomic mass is 13.9. The molecule has 0 heteroatoms. The van der Waals surface area contributed by atoms with E-state index in [-0.39, 0.29) is 0 Å². The van der Waals surface area contributed by atoms with Crippen LogP contribution in [0.1, 0.15) is 44.9 Å². The van der Waals surface area contributed by atoms with Gasteiger partial charge in [-0.3, -0.25) is 0 Å². The van der Waals surface area contributed by atoms with Gasteiger partial charge in [0, 0.05) is 0 Å². The molecular formula is C11H18. The van der Waals surface area contributed by atoms with Crippen molar-refractivity contribution in [1.82, 2.24) is 0 Å². The summed E-state index contributed by atoms with van der Waals surface area (Å²) in [5.74, 6) is 0. The molecule has 0 bridgehead atoms. The van der Waals surface area contributed by atoms with Gasteiger partial charge >= 0.3 is 0 Å². The third-order valence-corrected chi connectivity index (χ3v) is 2.07. The Labute approximate surface area is 70.0 Å². The van der Waals surface area contributed by atoms with Crippen LogP contribution in [0.5, 0.6) is 0 Å². The summed E-state index contributed by atoms with van der Waals surface area (Å²) in [6.07, 6.45) is 18.5. The molecule has 0 heterocycles. The van der Waals surface area contributed by atoms with Crippen LogP contribution in [-0.4, -0.2) is 0 Å². The lowest BCUT2D eigenvalue weighted by Crippen LogP contribution is -1.73. The van der Waals surface area contributed by atoms with E-state index >= 15 is 0 Å². The Morgan fingerprint density at radius 3 is 1.45 bits per heavy atom. The first kappa shape index (κ1) is 8.58. The van der Waals surface area contributed by atoms with E-state index in [9.17, 15) is 0 Å². The van der Waals surface area contributed by atoms with E-state index in [4.69, 9.17) is 0 Å². The van der Waals surface area contributed by atoms with E-state index in [2.05, 4.69) is 24.3 Å². The van der Waals surface area contributed by atoms with Crippen molar-refractivity contribution >= 4 is 0 Å². The quantitative estimate of drug-likeness (QED) is 0.460. The van der Waals surface area contributed by atoms with Crippen molar-refractivity contribution in [1.29, 1.82) is 0 Å². The molecule has 0 saturated heterocycles. The first-order valence-corrected chi connectivity index (χ1v) is 4.80. The predicted molar refractivity (Wildman–Crippen MR) is 50.6 cm³/mol. The van der Waals surface area contributed by atoms with Crippen molar-refractivity contribution in [3.05, 3.63) is 24.3 Å². The van der Waals surface area contributed by atoms with Crippen LogP contribution in [0.25, 0.3) is 0 Å². The van der Waals surface area contributed by atoms with Crippen LogP contribution in [0.15, 0.2) is 24.3 Å². The molecule has 62 valence electrons. The van der Waals surface area contributed by atoms with Gasteiger partial charge in [0.25, 0.3) is 0 Å². The Morgan fingerprint density at radius 2 is 0.909 bits per heavy atom. The van der Waals surface area contributed by atoms with Gasteiger partial charge in [-0.2, -0.15) is 0 Å². The van der Waals surface area contributed by atoms with Gasteiger partial charge in [-0.1, -0.05) is 30.7 Å². The van der Waals surface area contributed by atoms with Crippen LogP contribution >= 0.6 is 0 Å².